The second-order valence-corrected chi connectivity index (χ2v) is 9.97. The molecule has 0 fully saturated rings. The van der Waals surface area contributed by atoms with Crippen molar-refractivity contribution >= 4 is 50.2 Å². The number of aliphatic hydroxyl groups is 2. The van der Waals surface area contributed by atoms with Gasteiger partial charge in [-0.05, 0) is 24.3 Å². The molecule has 1 aliphatic carbocycles. The number of nitrogens with one attached hydrogen (secondary N) is 1. The molecular formula is C23H24ClN3O2S2. The number of rotatable bonds is 6. The molecule has 5 nitrogen and oxygen atoms in total. The van der Waals surface area contributed by atoms with Gasteiger partial charge in [0.15, 0.2) is 0 Å². The summed E-state index contributed by atoms with van der Waals surface area (Å²) in [6.45, 7) is 0.390. The maximum atomic E-state index is 9.68. The van der Waals surface area contributed by atoms with Crippen molar-refractivity contribution in [2.24, 2.45) is 5.73 Å². The predicted octanol–water partition coefficient (Wildman–Crippen LogP) is 4.48. The number of hydrogen-bond acceptors (Lipinski definition) is 7. The molecule has 5 N–H and O–H groups in total. The number of halogens is 1. The highest BCUT2D eigenvalue weighted by Crippen LogP contribution is 2.43. The van der Waals surface area contributed by atoms with Crippen molar-refractivity contribution in [1.29, 1.82) is 0 Å². The summed E-state index contributed by atoms with van der Waals surface area (Å²) in [5.74, 6) is 6.36. The first-order valence-corrected chi connectivity index (χ1v) is 12.2. The molecule has 162 valence electrons. The molecule has 0 amide bonds. The van der Waals surface area contributed by atoms with E-state index in [1.54, 1.807) is 22.7 Å². The monoisotopic (exact) mass is 473 g/mol. The standard InChI is InChI=1S/C23H24ClN3O2S2/c24-20-11-19(26-12-15-6-4-10-30-15)23-21(27-20)17(8-3-5-14(29)13-28)22(31-23)16-7-1-2-9-18(16)25/h1-2,4,6,10-11,14,16,18,28-29H,5,7,9,12-13,25H2,(H,26,27)/t14-,16-,18-/m0/s1. The van der Waals surface area contributed by atoms with Gasteiger partial charge in [0.25, 0.3) is 0 Å². The fraction of sp³-hybridized carbons (Fsp3) is 0.348. The summed E-state index contributed by atoms with van der Waals surface area (Å²) >= 11 is 9.75. The molecule has 3 atom stereocenters. The van der Waals surface area contributed by atoms with E-state index in [1.807, 2.05) is 12.1 Å². The molecule has 3 aromatic rings. The van der Waals surface area contributed by atoms with E-state index in [-0.39, 0.29) is 25.0 Å². The number of fused-ring (bicyclic) bond motifs is 1. The quantitative estimate of drug-likeness (QED) is 0.241. The van der Waals surface area contributed by atoms with Crippen molar-refractivity contribution in [3.8, 4) is 11.8 Å². The van der Waals surface area contributed by atoms with Crippen LogP contribution in [-0.2, 0) is 6.54 Å². The number of nitrogens with two attached hydrogens (primary N) is 1. The number of aliphatic hydroxyl groups excluding tert-OH is 2. The van der Waals surface area contributed by atoms with E-state index in [1.165, 1.54) is 4.88 Å². The Hall–Kier alpha value is -1.92. The Morgan fingerprint density at radius 1 is 1.35 bits per heavy atom. The molecule has 1 aliphatic rings. The van der Waals surface area contributed by atoms with Gasteiger partial charge in [0.1, 0.15) is 10.7 Å². The number of hydrogen-bond donors (Lipinski definition) is 4. The highest BCUT2D eigenvalue weighted by Gasteiger charge is 2.27. The Balaban J connectivity index is 1.78. The zero-order chi connectivity index (χ0) is 21.8. The lowest BCUT2D eigenvalue weighted by Crippen LogP contribution is -2.29. The number of aromatic nitrogens is 1. The lowest BCUT2D eigenvalue weighted by molar-refractivity contribution is 0.0992. The van der Waals surface area contributed by atoms with Crippen molar-refractivity contribution in [2.45, 2.75) is 43.9 Å². The lowest BCUT2D eigenvalue weighted by atomic mass is 9.87. The average Bonchev–Trinajstić information content (AvgIpc) is 3.40. The van der Waals surface area contributed by atoms with Crippen LogP contribution >= 0.6 is 34.3 Å². The van der Waals surface area contributed by atoms with Gasteiger partial charge in [-0.3, -0.25) is 0 Å². The first-order chi connectivity index (χ1) is 15.1. The molecule has 4 rings (SSSR count). The lowest BCUT2D eigenvalue weighted by Gasteiger charge is -2.24. The van der Waals surface area contributed by atoms with Crippen LogP contribution in [0.5, 0.6) is 0 Å². The Labute approximate surface area is 194 Å². The van der Waals surface area contributed by atoms with Crippen LogP contribution in [0.1, 0.15) is 40.5 Å². The fourth-order valence-electron chi connectivity index (χ4n) is 3.62. The third-order valence-corrected chi connectivity index (χ3v) is 7.66. The second-order valence-electron chi connectivity index (χ2n) is 7.50. The average molecular weight is 474 g/mol. The molecule has 0 saturated carbocycles. The van der Waals surface area contributed by atoms with Crippen molar-refractivity contribution in [1.82, 2.24) is 4.98 Å². The largest absolute Gasteiger partial charge is 0.394 e. The van der Waals surface area contributed by atoms with Gasteiger partial charge in [0.2, 0.25) is 0 Å². The highest BCUT2D eigenvalue weighted by atomic mass is 35.5. The number of allylic oxidation sites excluding steroid dienone is 1. The molecular weight excluding hydrogens is 450 g/mol. The van der Waals surface area contributed by atoms with E-state index in [0.29, 0.717) is 11.7 Å². The predicted molar refractivity (Wildman–Crippen MR) is 130 cm³/mol. The summed E-state index contributed by atoms with van der Waals surface area (Å²) in [4.78, 5) is 6.94. The van der Waals surface area contributed by atoms with Crippen molar-refractivity contribution in [3.05, 3.63) is 56.2 Å². The zero-order valence-electron chi connectivity index (χ0n) is 16.8. The molecule has 0 aromatic carbocycles. The van der Waals surface area contributed by atoms with Gasteiger partial charge in [0.05, 0.1) is 28.7 Å². The van der Waals surface area contributed by atoms with Crippen LogP contribution < -0.4 is 11.1 Å². The van der Waals surface area contributed by atoms with Gasteiger partial charge in [0, 0.05) is 40.7 Å². The highest BCUT2D eigenvalue weighted by molar-refractivity contribution is 7.20. The van der Waals surface area contributed by atoms with Crippen LogP contribution in [0.25, 0.3) is 10.2 Å². The third-order valence-electron chi connectivity index (χ3n) is 5.25. The van der Waals surface area contributed by atoms with Gasteiger partial charge in [-0.25, -0.2) is 4.98 Å². The van der Waals surface area contributed by atoms with Crippen molar-refractivity contribution in [3.63, 3.8) is 0 Å². The molecule has 0 unspecified atom stereocenters. The summed E-state index contributed by atoms with van der Waals surface area (Å²) < 4.78 is 1.00. The van der Waals surface area contributed by atoms with Crippen LogP contribution in [0.2, 0.25) is 5.15 Å². The van der Waals surface area contributed by atoms with E-state index < -0.39 is 6.10 Å². The number of thiophene rings is 2. The Morgan fingerprint density at radius 2 is 2.19 bits per heavy atom. The van der Waals surface area contributed by atoms with E-state index in [0.717, 1.165) is 39.2 Å². The SMILES string of the molecule is N[C@H]1CC=CC[C@@H]1c1sc2c(NCc3cccs3)cc(Cl)nc2c1C#CC[C@H](O)CO. The minimum atomic E-state index is -0.861. The zero-order valence-corrected chi connectivity index (χ0v) is 19.2. The minimum absolute atomic E-state index is 0.0136. The van der Waals surface area contributed by atoms with E-state index >= 15 is 0 Å². The maximum absolute atomic E-state index is 9.68. The molecule has 3 aromatic heterocycles. The van der Waals surface area contributed by atoms with Crippen LogP contribution in [0, 0.1) is 11.8 Å². The molecule has 0 aliphatic heterocycles. The van der Waals surface area contributed by atoms with Gasteiger partial charge in [-0.1, -0.05) is 41.7 Å². The molecule has 0 saturated heterocycles. The van der Waals surface area contributed by atoms with E-state index in [4.69, 9.17) is 22.4 Å². The topological polar surface area (TPSA) is 91.4 Å². The Bertz CT molecular complexity index is 1130. The number of nitrogens with zero attached hydrogens (tertiary/aromatic N) is 1. The third kappa shape index (κ3) is 5.12. The summed E-state index contributed by atoms with van der Waals surface area (Å²) in [5, 5.41) is 24.7. The van der Waals surface area contributed by atoms with Crippen molar-refractivity contribution < 1.29 is 10.2 Å². The van der Waals surface area contributed by atoms with Crippen LogP contribution in [0.15, 0.2) is 35.7 Å². The first kappa shape index (κ1) is 22.3. The smallest absolute Gasteiger partial charge is 0.131 e. The van der Waals surface area contributed by atoms with Gasteiger partial charge in [-0.2, -0.15) is 0 Å². The summed E-state index contributed by atoms with van der Waals surface area (Å²) in [6, 6.07) is 5.99. The fourth-order valence-corrected chi connectivity index (χ4v) is 5.84. The Kier molecular flexibility index (Phi) is 7.28. The summed E-state index contributed by atoms with van der Waals surface area (Å²) in [6.07, 6.45) is 5.30. The van der Waals surface area contributed by atoms with Gasteiger partial charge in [-0.15, -0.1) is 22.7 Å². The molecule has 0 bridgehead atoms. The normalized spacial score (nSPS) is 19.2. The van der Waals surface area contributed by atoms with Gasteiger partial charge >= 0.3 is 0 Å². The molecule has 8 heteroatoms. The first-order valence-electron chi connectivity index (χ1n) is 10.1. The summed E-state index contributed by atoms with van der Waals surface area (Å²) in [7, 11) is 0. The molecule has 0 spiro atoms. The molecule has 0 radical (unpaired) electrons. The number of anilines is 1. The van der Waals surface area contributed by atoms with Crippen molar-refractivity contribution in [2.75, 3.05) is 11.9 Å². The van der Waals surface area contributed by atoms with Crippen LogP contribution in [-0.4, -0.2) is 33.9 Å². The van der Waals surface area contributed by atoms with Crippen LogP contribution in [0.3, 0.4) is 0 Å². The minimum Gasteiger partial charge on any atom is -0.394 e. The molecule has 31 heavy (non-hydrogen) atoms. The van der Waals surface area contributed by atoms with Crippen LogP contribution in [0.4, 0.5) is 5.69 Å². The number of pyridine rings is 1. The Morgan fingerprint density at radius 3 is 2.94 bits per heavy atom. The maximum Gasteiger partial charge on any atom is 0.131 e. The van der Waals surface area contributed by atoms with E-state index in [2.05, 4.69) is 45.7 Å². The summed E-state index contributed by atoms with van der Waals surface area (Å²) in [5.41, 5.74) is 8.97. The molecule has 3 heterocycles. The van der Waals surface area contributed by atoms with E-state index in [9.17, 15) is 5.11 Å². The second kappa shape index (κ2) is 10.1. The van der Waals surface area contributed by atoms with Gasteiger partial charge < -0.3 is 21.3 Å².